The van der Waals surface area contributed by atoms with Gasteiger partial charge in [-0.15, -0.1) is 0 Å². The van der Waals surface area contributed by atoms with Crippen LogP contribution in [0.3, 0.4) is 0 Å². The van der Waals surface area contributed by atoms with Gasteiger partial charge in [-0.05, 0) is 69.4 Å². The standard InChI is InChI=1S/C18H31N3/c1-4-16-12-18(21(6-3)20-16)17(19-5-2)11-15-10-13-7-8-14(15)9-13/h12-15,17,19H,4-11H2,1-3H3. The Morgan fingerprint density at radius 2 is 2.14 bits per heavy atom. The maximum atomic E-state index is 4.75. The topological polar surface area (TPSA) is 29.9 Å². The number of nitrogens with zero attached hydrogens (tertiary/aromatic N) is 2. The van der Waals surface area contributed by atoms with Gasteiger partial charge in [0, 0.05) is 12.6 Å². The first-order valence-electron chi connectivity index (χ1n) is 9.05. The summed E-state index contributed by atoms with van der Waals surface area (Å²) in [4.78, 5) is 0. The van der Waals surface area contributed by atoms with Crippen LogP contribution in [0, 0.1) is 17.8 Å². The second-order valence-corrected chi connectivity index (χ2v) is 7.01. The predicted octanol–water partition coefficient (Wildman–Crippen LogP) is 3.94. The lowest BCUT2D eigenvalue weighted by Gasteiger charge is -2.27. The zero-order chi connectivity index (χ0) is 14.8. The highest BCUT2D eigenvalue weighted by Crippen LogP contribution is 2.50. The van der Waals surface area contributed by atoms with Crippen LogP contribution < -0.4 is 5.32 Å². The summed E-state index contributed by atoms with van der Waals surface area (Å²) in [6.07, 6.45) is 8.32. The van der Waals surface area contributed by atoms with Gasteiger partial charge in [0.25, 0.3) is 0 Å². The van der Waals surface area contributed by atoms with Crippen molar-refractivity contribution in [2.45, 2.75) is 71.9 Å². The molecule has 1 aromatic heterocycles. The Morgan fingerprint density at radius 3 is 2.71 bits per heavy atom. The molecule has 1 heterocycles. The molecule has 3 rings (SSSR count). The molecule has 2 saturated carbocycles. The Balaban J connectivity index is 1.76. The highest BCUT2D eigenvalue weighted by molar-refractivity contribution is 5.15. The smallest absolute Gasteiger partial charge is 0.0625 e. The van der Waals surface area contributed by atoms with E-state index in [0.29, 0.717) is 6.04 Å². The van der Waals surface area contributed by atoms with Crippen molar-refractivity contribution in [3.8, 4) is 0 Å². The molecular weight excluding hydrogens is 258 g/mol. The van der Waals surface area contributed by atoms with Crippen LogP contribution in [0.5, 0.6) is 0 Å². The van der Waals surface area contributed by atoms with Crippen LogP contribution in [0.25, 0.3) is 0 Å². The van der Waals surface area contributed by atoms with Crippen molar-refractivity contribution in [2.24, 2.45) is 17.8 Å². The van der Waals surface area contributed by atoms with E-state index in [2.05, 4.69) is 36.8 Å². The average molecular weight is 289 g/mol. The fourth-order valence-corrected chi connectivity index (χ4v) is 4.72. The molecule has 2 aliphatic rings. The summed E-state index contributed by atoms with van der Waals surface area (Å²) >= 11 is 0. The van der Waals surface area contributed by atoms with Crippen molar-refractivity contribution < 1.29 is 0 Å². The first-order chi connectivity index (χ1) is 10.2. The molecule has 0 aliphatic heterocycles. The number of fused-ring (bicyclic) bond motifs is 2. The van der Waals surface area contributed by atoms with Gasteiger partial charge in [0.1, 0.15) is 0 Å². The number of rotatable bonds is 7. The second kappa shape index (κ2) is 6.51. The summed E-state index contributed by atoms with van der Waals surface area (Å²) < 4.78 is 2.22. The van der Waals surface area contributed by atoms with E-state index in [1.165, 1.54) is 43.5 Å². The third kappa shape index (κ3) is 3.03. The first kappa shape index (κ1) is 15.1. The zero-order valence-electron chi connectivity index (χ0n) is 13.9. The third-order valence-electron chi connectivity index (χ3n) is 5.75. The fourth-order valence-electron chi connectivity index (χ4n) is 4.72. The Labute approximate surface area is 129 Å². The summed E-state index contributed by atoms with van der Waals surface area (Å²) in [7, 11) is 0. The highest BCUT2D eigenvalue weighted by atomic mass is 15.3. The molecule has 2 aliphatic carbocycles. The van der Waals surface area contributed by atoms with Crippen LogP contribution in [-0.4, -0.2) is 16.3 Å². The van der Waals surface area contributed by atoms with E-state index in [0.717, 1.165) is 37.3 Å². The molecule has 0 spiro atoms. The first-order valence-corrected chi connectivity index (χ1v) is 9.05. The molecule has 118 valence electrons. The normalized spacial score (nSPS) is 29.2. The maximum Gasteiger partial charge on any atom is 0.0625 e. The van der Waals surface area contributed by atoms with E-state index in [9.17, 15) is 0 Å². The molecule has 3 nitrogen and oxygen atoms in total. The average Bonchev–Trinajstić information content (AvgIpc) is 3.21. The molecule has 1 aromatic rings. The minimum atomic E-state index is 0.493. The van der Waals surface area contributed by atoms with Gasteiger partial charge in [0.2, 0.25) is 0 Å². The predicted molar refractivity (Wildman–Crippen MR) is 87.3 cm³/mol. The number of hydrogen-bond donors (Lipinski definition) is 1. The quantitative estimate of drug-likeness (QED) is 0.824. The monoisotopic (exact) mass is 289 g/mol. The number of nitrogens with one attached hydrogen (secondary N) is 1. The van der Waals surface area contributed by atoms with Crippen LogP contribution in [0.15, 0.2) is 6.07 Å². The zero-order valence-corrected chi connectivity index (χ0v) is 13.9. The molecule has 2 fully saturated rings. The molecule has 1 N–H and O–H groups in total. The van der Waals surface area contributed by atoms with Gasteiger partial charge in [-0.3, -0.25) is 4.68 Å². The SMILES string of the molecule is CCNC(CC1CC2CCC1C2)c1cc(CC)nn1CC. The van der Waals surface area contributed by atoms with Crippen LogP contribution in [-0.2, 0) is 13.0 Å². The summed E-state index contributed by atoms with van der Waals surface area (Å²) in [6, 6.07) is 2.83. The van der Waals surface area contributed by atoms with E-state index >= 15 is 0 Å². The molecule has 0 radical (unpaired) electrons. The molecule has 4 atom stereocenters. The van der Waals surface area contributed by atoms with Gasteiger partial charge >= 0.3 is 0 Å². The number of aryl methyl sites for hydroxylation is 2. The molecule has 2 bridgehead atoms. The highest BCUT2D eigenvalue weighted by Gasteiger charge is 2.40. The summed E-state index contributed by atoms with van der Waals surface area (Å²) in [5.41, 5.74) is 2.65. The molecule has 0 amide bonds. The lowest BCUT2D eigenvalue weighted by molar-refractivity contribution is 0.275. The lowest BCUT2D eigenvalue weighted by atomic mass is 9.83. The van der Waals surface area contributed by atoms with E-state index < -0.39 is 0 Å². The van der Waals surface area contributed by atoms with Crippen molar-refractivity contribution in [2.75, 3.05) is 6.54 Å². The van der Waals surface area contributed by atoms with Gasteiger partial charge in [-0.1, -0.05) is 20.3 Å². The van der Waals surface area contributed by atoms with E-state index in [4.69, 9.17) is 5.10 Å². The summed E-state index contributed by atoms with van der Waals surface area (Å²) in [5, 5.41) is 8.49. The van der Waals surface area contributed by atoms with Crippen LogP contribution in [0.4, 0.5) is 0 Å². The van der Waals surface area contributed by atoms with Gasteiger partial charge in [-0.2, -0.15) is 5.10 Å². The molecule has 0 aromatic carbocycles. The second-order valence-electron chi connectivity index (χ2n) is 7.01. The van der Waals surface area contributed by atoms with Crippen molar-refractivity contribution in [3.63, 3.8) is 0 Å². The molecule has 4 unspecified atom stereocenters. The largest absolute Gasteiger partial charge is 0.309 e. The minimum absolute atomic E-state index is 0.493. The van der Waals surface area contributed by atoms with E-state index in [1.54, 1.807) is 0 Å². The van der Waals surface area contributed by atoms with Gasteiger partial charge in [0.05, 0.1) is 11.4 Å². The van der Waals surface area contributed by atoms with Crippen LogP contribution in [0.2, 0.25) is 0 Å². The fraction of sp³-hybridized carbons (Fsp3) is 0.833. The van der Waals surface area contributed by atoms with Gasteiger partial charge in [-0.25, -0.2) is 0 Å². The lowest BCUT2D eigenvalue weighted by Crippen LogP contribution is -2.27. The Bertz CT molecular complexity index is 465. The Morgan fingerprint density at radius 1 is 1.29 bits per heavy atom. The summed E-state index contributed by atoms with van der Waals surface area (Å²) in [5.74, 6) is 3.00. The van der Waals surface area contributed by atoms with Crippen molar-refractivity contribution in [1.82, 2.24) is 15.1 Å². The third-order valence-corrected chi connectivity index (χ3v) is 5.75. The number of hydrogen-bond acceptors (Lipinski definition) is 2. The van der Waals surface area contributed by atoms with Crippen molar-refractivity contribution in [1.29, 1.82) is 0 Å². The molecule has 3 heteroatoms. The molecular formula is C18H31N3. The minimum Gasteiger partial charge on any atom is -0.309 e. The van der Waals surface area contributed by atoms with Gasteiger partial charge < -0.3 is 5.32 Å². The van der Waals surface area contributed by atoms with E-state index in [-0.39, 0.29) is 0 Å². The van der Waals surface area contributed by atoms with Crippen LogP contribution in [0.1, 0.15) is 70.3 Å². The van der Waals surface area contributed by atoms with E-state index in [1.807, 2.05) is 0 Å². The summed E-state index contributed by atoms with van der Waals surface area (Å²) in [6.45, 7) is 8.65. The Kier molecular flexibility index (Phi) is 4.68. The maximum absolute atomic E-state index is 4.75. The van der Waals surface area contributed by atoms with Crippen molar-refractivity contribution in [3.05, 3.63) is 17.5 Å². The van der Waals surface area contributed by atoms with Crippen LogP contribution >= 0.6 is 0 Å². The Hall–Kier alpha value is -0.830. The number of aromatic nitrogens is 2. The molecule has 0 saturated heterocycles. The van der Waals surface area contributed by atoms with Crippen molar-refractivity contribution >= 4 is 0 Å². The molecule has 21 heavy (non-hydrogen) atoms. The van der Waals surface area contributed by atoms with Gasteiger partial charge in [0.15, 0.2) is 0 Å².